The van der Waals surface area contributed by atoms with Crippen LogP contribution in [0.5, 0.6) is 0 Å². The number of anilines is 1. The third kappa shape index (κ3) is 5.57. The van der Waals surface area contributed by atoms with Gasteiger partial charge in [-0.25, -0.2) is 4.79 Å². The van der Waals surface area contributed by atoms with E-state index in [1.54, 1.807) is 0 Å². The van der Waals surface area contributed by atoms with E-state index in [2.05, 4.69) is 47.7 Å². The maximum absolute atomic E-state index is 12.2. The van der Waals surface area contributed by atoms with Crippen LogP contribution in [0.2, 0.25) is 0 Å². The number of nitrogens with zero attached hydrogens (tertiary/aromatic N) is 1. The molecule has 29 heavy (non-hydrogen) atoms. The van der Waals surface area contributed by atoms with Gasteiger partial charge in [0.15, 0.2) is 0 Å². The van der Waals surface area contributed by atoms with Crippen molar-refractivity contribution in [2.24, 2.45) is 5.92 Å². The summed E-state index contributed by atoms with van der Waals surface area (Å²) in [6.45, 7) is 8.96. The first-order valence-electron chi connectivity index (χ1n) is 10.1. The normalized spacial score (nSPS) is 14.3. The van der Waals surface area contributed by atoms with Crippen molar-refractivity contribution in [3.63, 3.8) is 0 Å². The molecule has 0 saturated heterocycles. The second-order valence-electron chi connectivity index (χ2n) is 7.90. The molecule has 1 atom stereocenters. The summed E-state index contributed by atoms with van der Waals surface area (Å²) in [7, 11) is 0. The van der Waals surface area contributed by atoms with Gasteiger partial charge in [0.25, 0.3) is 0 Å². The van der Waals surface area contributed by atoms with E-state index in [0.29, 0.717) is 18.5 Å². The van der Waals surface area contributed by atoms with E-state index in [4.69, 9.17) is 0 Å². The maximum Gasteiger partial charge on any atom is 0.321 e. The van der Waals surface area contributed by atoms with Gasteiger partial charge in [-0.2, -0.15) is 0 Å². The van der Waals surface area contributed by atoms with Gasteiger partial charge in [0.05, 0.1) is 6.54 Å². The van der Waals surface area contributed by atoms with Crippen molar-refractivity contribution < 1.29 is 9.59 Å². The summed E-state index contributed by atoms with van der Waals surface area (Å²) >= 11 is 0. The number of carbonyl (C=O) groups excluding carboxylic acids is 2. The molecule has 3 N–H and O–H groups in total. The van der Waals surface area contributed by atoms with Crippen LogP contribution < -0.4 is 16.0 Å². The van der Waals surface area contributed by atoms with Crippen LogP contribution >= 0.6 is 0 Å². The predicted molar refractivity (Wildman–Crippen MR) is 115 cm³/mol. The van der Waals surface area contributed by atoms with Crippen LogP contribution in [0.4, 0.5) is 10.5 Å². The smallest absolute Gasteiger partial charge is 0.321 e. The van der Waals surface area contributed by atoms with E-state index in [9.17, 15) is 9.59 Å². The Kier molecular flexibility index (Phi) is 6.88. The molecule has 0 radical (unpaired) electrons. The number of urea groups is 1. The molecule has 1 aliphatic rings. The van der Waals surface area contributed by atoms with Gasteiger partial charge in [-0.1, -0.05) is 56.3 Å². The molecule has 3 rings (SSSR count). The van der Waals surface area contributed by atoms with Crippen molar-refractivity contribution >= 4 is 17.6 Å². The van der Waals surface area contributed by atoms with Crippen LogP contribution in [0, 0.1) is 5.92 Å². The molecule has 0 spiro atoms. The fourth-order valence-electron chi connectivity index (χ4n) is 3.49. The van der Waals surface area contributed by atoms with E-state index in [0.717, 1.165) is 24.3 Å². The van der Waals surface area contributed by atoms with Crippen LogP contribution in [0.3, 0.4) is 0 Å². The lowest BCUT2D eigenvalue weighted by atomic mass is 10.1. The van der Waals surface area contributed by atoms with E-state index >= 15 is 0 Å². The van der Waals surface area contributed by atoms with Crippen molar-refractivity contribution in [1.82, 2.24) is 15.5 Å². The Morgan fingerprint density at radius 1 is 1.00 bits per heavy atom. The van der Waals surface area contributed by atoms with Gasteiger partial charge in [0.1, 0.15) is 0 Å². The highest BCUT2D eigenvalue weighted by Crippen LogP contribution is 2.31. The minimum absolute atomic E-state index is 0.0505. The third-order valence-corrected chi connectivity index (χ3v) is 5.54. The number of nitrogens with one attached hydrogen (secondary N) is 3. The zero-order valence-electron chi connectivity index (χ0n) is 17.4. The molecule has 0 aliphatic carbocycles. The molecule has 2 aromatic rings. The Balaban J connectivity index is 1.49. The number of benzene rings is 2. The molecule has 0 fully saturated rings. The molecule has 6 nitrogen and oxygen atoms in total. The van der Waals surface area contributed by atoms with E-state index < -0.39 is 6.03 Å². The zero-order chi connectivity index (χ0) is 20.8. The van der Waals surface area contributed by atoms with Crippen LogP contribution in [0.1, 0.15) is 37.5 Å². The Morgan fingerprint density at radius 2 is 1.76 bits per heavy atom. The number of amides is 3. The number of hydrogen-bond acceptors (Lipinski definition) is 4. The summed E-state index contributed by atoms with van der Waals surface area (Å²) in [5.41, 5.74) is 4.47. The molecule has 0 saturated carbocycles. The zero-order valence-corrected chi connectivity index (χ0v) is 17.4. The van der Waals surface area contributed by atoms with Crippen LogP contribution in [0.25, 0.3) is 0 Å². The SMILES string of the molecule is CC(C)C(C)N1Cc2cccc(NCC(=O)NC(=O)NCc3ccccc3)c2C1. The van der Waals surface area contributed by atoms with Crippen LogP contribution in [-0.4, -0.2) is 29.4 Å². The summed E-state index contributed by atoms with van der Waals surface area (Å²) in [5.74, 6) is 0.222. The highest BCUT2D eigenvalue weighted by molar-refractivity contribution is 5.96. The molecule has 6 heteroatoms. The fraction of sp³-hybridized carbons (Fsp3) is 0.391. The molecule has 1 unspecified atom stereocenters. The lowest BCUT2D eigenvalue weighted by Gasteiger charge is -2.27. The maximum atomic E-state index is 12.2. The third-order valence-electron chi connectivity index (χ3n) is 5.54. The summed E-state index contributed by atoms with van der Waals surface area (Å²) in [6, 6.07) is 15.7. The minimum atomic E-state index is -0.490. The number of carbonyl (C=O) groups is 2. The molecule has 2 aromatic carbocycles. The van der Waals surface area contributed by atoms with Gasteiger partial charge in [0.2, 0.25) is 5.91 Å². The molecule has 3 amide bonds. The molecule has 154 valence electrons. The van der Waals surface area contributed by atoms with Gasteiger partial charge in [-0.15, -0.1) is 0 Å². The lowest BCUT2D eigenvalue weighted by Crippen LogP contribution is -2.41. The van der Waals surface area contributed by atoms with Crippen molar-refractivity contribution in [3.05, 3.63) is 65.2 Å². The summed E-state index contributed by atoms with van der Waals surface area (Å²) < 4.78 is 0. The Morgan fingerprint density at radius 3 is 2.48 bits per heavy atom. The monoisotopic (exact) mass is 394 g/mol. The molecular weight excluding hydrogens is 364 g/mol. The molecule has 1 heterocycles. The quantitative estimate of drug-likeness (QED) is 0.672. The van der Waals surface area contributed by atoms with E-state index in [1.165, 1.54) is 11.1 Å². The lowest BCUT2D eigenvalue weighted by molar-refractivity contribution is -0.118. The Hall–Kier alpha value is -2.86. The molecule has 0 aromatic heterocycles. The molecular formula is C23H30N4O2. The van der Waals surface area contributed by atoms with Crippen molar-refractivity contribution in [2.45, 2.75) is 46.4 Å². The van der Waals surface area contributed by atoms with Crippen molar-refractivity contribution in [2.75, 3.05) is 11.9 Å². The van der Waals surface area contributed by atoms with E-state index in [-0.39, 0.29) is 12.5 Å². The topological polar surface area (TPSA) is 73.5 Å². The largest absolute Gasteiger partial charge is 0.376 e. The fourth-order valence-corrected chi connectivity index (χ4v) is 3.49. The number of rotatable bonds is 7. The highest BCUT2D eigenvalue weighted by Gasteiger charge is 2.26. The second kappa shape index (κ2) is 9.56. The first kappa shape index (κ1) is 20.9. The average Bonchev–Trinajstić information content (AvgIpc) is 3.15. The first-order chi connectivity index (χ1) is 13.9. The number of imide groups is 1. The summed E-state index contributed by atoms with van der Waals surface area (Å²) in [6.07, 6.45) is 0. The standard InChI is InChI=1S/C23H30N4O2/c1-16(2)17(3)27-14-19-10-7-11-21(20(19)15-27)24-13-22(28)26-23(29)25-12-18-8-5-4-6-9-18/h4-11,16-17,24H,12-15H2,1-3H3,(H2,25,26,28,29). The van der Waals surface area contributed by atoms with Crippen molar-refractivity contribution in [3.8, 4) is 0 Å². The van der Waals surface area contributed by atoms with Crippen molar-refractivity contribution in [1.29, 1.82) is 0 Å². The van der Waals surface area contributed by atoms with E-state index in [1.807, 2.05) is 42.5 Å². The van der Waals surface area contributed by atoms with Crippen LogP contribution in [-0.2, 0) is 24.4 Å². The Labute approximate surface area is 172 Å². The molecule has 1 aliphatic heterocycles. The molecule has 0 bridgehead atoms. The summed E-state index contributed by atoms with van der Waals surface area (Å²) in [5, 5.41) is 8.26. The highest BCUT2D eigenvalue weighted by atomic mass is 16.2. The van der Waals surface area contributed by atoms with Gasteiger partial charge >= 0.3 is 6.03 Å². The number of hydrogen-bond donors (Lipinski definition) is 3. The Bertz CT molecular complexity index is 851. The number of fused-ring (bicyclic) bond motifs is 1. The van der Waals surface area contributed by atoms with Gasteiger partial charge in [-0.3, -0.25) is 15.0 Å². The average molecular weight is 395 g/mol. The minimum Gasteiger partial charge on any atom is -0.376 e. The van der Waals surface area contributed by atoms with Gasteiger partial charge < -0.3 is 10.6 Å². The van der Waals surface area contributed by atoms with Gasteiger partial charge in [0, 0.05) is 31.4 Å². The van der Waals surface area contributed by atoms with Crippen LogP contribution in [0.15, 0.2) is 48.5 Å². The van der Waals surface area contributed by atoms with Gasteiger partial charge in [-0.05, 0) is 35.6 Å². The summed E-state index contributed by atoms with van der Waals surface area (Å²) in [4.78, 5) is 26.5. The second-order valence-corrected chi connectivity index (χ2v) is 7.90. The predicted octanol–water partition coefficient (Wildman–Crippen LogP) is 3.48. The first-order valence-corrected chi connectivity index (χ1v) is 10.1.